The Labute approximate surface area is 62.6 Å². The summed E-state index contributed by atoms with van der Waals surface area (Å²) in [4.78, 5) is 5.89. The summed E-state index contributed by atoms with van der Waals surface area (Å²) in [5, 5.41) is 0. The molecule has 0 rings (SSSR count). The highest BCUT2D eigenvalue weighted by atomic mass is 15.1. The van der Waals surface area contributed by atoms with Crippen molar-refractivity contribution in [1.82, 2.24) is 4.90 Å². The van der Waals surface area contributed by atoms with Gasteiger partial charge in [-0.3, -0.25) is 4.99 Å². The summed E-state index contributed by atoms with van der Waals surface area (Å²) in [5.74, 6) is 0. The molecule has 0 amide bonds. The molecule has 0 fully saturated rings. The minimum absolute atomic E-state index is 1.08. The molecule has 0 unspecified atom stereocenters. The van der Waals surface area contributed by atoms with E-state index in [0.717, 1.165) is 5.70 Å². The number of hydrogen-bond acceptors (Lipinski definition) is 2. The van der Waals surface area contributed by atoms with Crippen molar-refractivity contribution >= 4 is 6.21 Å². The highest BCUT2D eigenvalue weighted by molar-refractivity contribution is 5.77. The van der Waals surface area contributed by atoms with Crippen LogP contribution in [0.4, 0.5) is 0 Å². The minimum atomic E-state index is 1.08. The van der Waals surface area contributed by atoms with E-state index in [1.165, 1.54) is 6.20 Å². The molecule has 0 heterocycles. The van der Waals surface area contributed by atoms with Crippen molar-refractivity contribution in [2.75, 3.05) is 14.1 Å². The summed E-state index contributed by atoms with van der Waals surface area (Å²) in [6.07, 6.45) is 5.28. The third-order valence-corrected chi connectivity index (χ3v) is 1.12. The fraction of sp³-hybridized carbons (Fsp3) is 0.375. The molecule has 2 nitrogen and oxygen atoms in total. The van der Waals surface area contributed by atoms with Crippen molar-refractivity contribution < 1.29 is 0 Å². The van der Waals surface area contributed by atoms with Gasteiger partial charge < -0.3 is 4.90 Å². The average Bonchev–Trinajstić information content (AvgIpc) is 1.89. The molecule has 0 aromatic heterocycles. The van der Waals surface area contributed by atoms with E-state index in [2.05, 4.69) is 11.6 Å². The molecule has 0 spiro atoms. The predicted octanol–water partition coefficient (Wildman–Crippen LogP) is 1.67. The topological polar surface area (TPSA) is 15.6 Å². The third kappa shape index (κ3) is 3.07. The molecular weight excluding hydrogens is 124 g/mol. The van der Waals surface area contributed by atoms with Gasteiger partial charge >= 0.3 is 0 Å². The molecule has 2 heteroatoms. The second kappa shape index (κ2) is 4.79. The Morgan fingerprint density at radius 1 is 1.50 bits per heavy atom. The van der Waals surface area contributed by atoms with Crippen molar-refractivity contribution in [2.45, 2.75) is 6.92 Å². The van der Waals surface area contributed by atoms with E-state index in [4.69, 9.17) is 0 Å². The Kier molecular flexibility index (Phi) is 4.29. The van der Waals surface area contributed by atoms with Gasteiger partial charge in [0.1, 0.15) is 0 Å². The first kappa shape index (κ1) is 8.95. The molecule has 0 saturated heterocycles. The largest absolute Gasteiger partial charge is 0.377 e. The first-order valence-corrected chi connectivity index (χ1v) is 3.20. The van der Waals surface area contributed by atoms with Crippen LogP contribution in [0.5, 0.6) is 0 Å². The van der Waals surface area contributed by atoms with Gasteiger partial charge in [-0.1, -0.05) is 12.7 Å². The summed E-state index contributed by atoms with van der Waals surface area (Å²) in [6.45, 7) is 5.46. The fourth-order valence-electron chi connectivity index (χ4n) is 0.577. The van der Waals surface area contributed by atoms with Crippen LogP contribution >= 0.6 is 0 Å². The molecule has 0 radical (unpaired) electrons. The van der Waals surface area contributed by atoms with Crippen LogP contribution in [-0.2, 0) is 0 Å². The summed E-state index contributed by atoms with van der Waals surface area (Å²) >= 11 is 0. The van der Waals surface area contributed by atoms with Gasteiger partial charge in [-0.25, -0.2) is 0 Å². The zero-order chi connectivity index (χ0) is 7.98. The minimum Gasteiger partial charge on any atom is -0.377 e. The molecule has 0 aromatic carbocycles. The lowest BCUT2D eigenvalue weighted by Crippen LogP contribution is -2.11. The maximum atomic E-state index is 3.89. The average molecular weight is 138 g/mol. The zero-order valence-corrected chi connectivity index (χ0v) is 6.83. The Hall–Kier alpha value is -1.05. The van der Waals surface area contributed by atoms with Crippen LogP contribution in [-0.4, -0.2) is 25.2 Å². The zero-order valence-electron chi connectivity index (χ0n) is 6.83. The molecular formula is C8H14N2. The first-order valence-electron chi connectivity index (χ1n) is 3.20. The van der Waals surface area contributed by atoms with Gasteiger partial charge in [-0.15, -0.1) is 0 Å². The highest BCUT2D eigenvalue weighted by Crippen LogP contribution is 1.93. The summed E-state index contributed by atoms with van der Waals surface area (Å²) < 4.78 is 0. The number of aliphatic imine (C=N–C) groups is 1. The van der Waals surface area contributed by atoms with E-state index in [-0.39, 0.29) is 0 Å². The second-order valence-corrected chi connectivity index (χ2v) is 2.07. The van der Waals surface area contributed by atoms with Gasteiger partial charge in [-0.2, -0.15) is 0 Å². The second-order valence-electron chi connectivity index (χ2n) is 2.07. The van der Waals surface area contributed by atoms with Gasteiger partial charge in [-0.05, 0) is 6.92 Å². The van der Waals surface area contributed by atoms with Gasteiger partial charge in [0.15, 0.2) is 0 Å². The van der Waals surface area contributed by atoms with E-state index in [9.17, 15) is 0 Å². The molecule has 56 valence electrons. The maximum absolute atomic E-state index is 3.89. The van der Waals surface area contributed by atoms with Crippen LogP contribution in [0.25, 0.3) is 0 Å². The predicted molar refractivity (Wildman–Crippen MR) is 46.1 cm³/mol. The summed E-state index contributed by atoms with van der Waals surface area (Å²) in [5.41, 5.74) is 1.08. The smallest absolute Gasteiger partial charge is 0.0503 e. The van der Waals surface area contributed by atoms with Gasteiger partial charge in [0.05, 0.1) is 5.70 Å². The number of allylic oxidation sites excluding steroid dienone is 2. The van der Waals surface area contributed by atoms with Crippen LogP contribution in [0.1, 0.15) is 6.92 Å². The van der Waals surface area contributed by atoms with Crippen molar-refractivity contribution in [3.05, 3.63) is 24.6 Å². The van der Waals surface area contributed by atoms with Crippen LogP contribution in [0.2, 0.25) is 0 Å². The lowest BCUT2D eigenvalue weighted by atomic mass is 10.4. The Morgan fingerprint density at radius 2 is 2.10 bits per heavy atom. The highest BCUT2D eigenvalue weighted by Gasteiger charge is 1.89. The van der Waals surface area contributed by atoms with Crippen molar-refractivity contribution in [3.8, 4) is 0 Å². The Bertz CT molecular complexity index is 155. The monoisotopic (exact) mass is 138 g/mol. The molecule has 0 aliphatic heterocycles. The Balaban J connectivity index is 4.10. The number of hydrogen-bond donors (Lipinski definition) is 0. The summed E-state index contributed by atoms with van der Waals surface area (Å²) in [6, 6.07) is 0. The van der Waals surface area contributed by atoms with Crippen LogP contribution in [0.15, 0.2) is 29.5 Å². The van der Waals surface area contributed by atoms with E-state index in [1.54, 1.807) is 6.21 Å². The molecule has 0 aliphatic carbocycles. The SMILES string of the molecule is C=C/N=C\C(=C/C)N(C)C. The number of rotatable bonds is 3. The van der Waals surface area contributed by atoms with Crippen molar-refractivity contribution in [2.24, 2.45) is 4.99 Å². The van der Waals surface area contributed by atoms with Gasteiger partial charge in [0.2, 0.25) is 0 Å². The molecule has 0 aliphatic rings. The molecule has 0 aromatic rings. The van der Waals surface area contributed by atoms with Crippen LogP contribution in [0.3, 0.4) is 0 Å². The van der Waals surface area contributed by atoms with Gasteiger partial charge in [0.25, 0.3) is 0 Å². The number of nitrogens with zero attached hydrogens (tertiary/aromatic N) is 2. The normalized spacial score (nSPS) is 12.1. The standard InChI is InChI=1S/C8H14N2/c1-5-8(10(3)4)7-9-6-2/h5-7H,2H2,1,3-4H3/b8-5+,9-7-. The summed E-state index contributed by atoms with van der Waals surface area (Å²) in [7, 11) is 3.95. The quantitative estimate of drug-likeness (QED) is 0.541. The molecule has 0 N–H and O–H groups in total. The lowest BCUT2D eigenvalue weighted by molar-refractivity contribution is 0.541. The molecule has 10 heavy (non-hydrogen) atoms. The van der Waals surface area contributed by atoms with Crippen LogP contribution < -0.4 is 0 Å². The fourth-order valence-corrected chi connectivity index (χ4v) is 0.577. The van der Waals surface area contributed by atoms with Crippen molar-refractivity contribution in [1.29, 1.82) is 0 Å². The molecule has 0 bridgehead atoms. The van der Waals surface area contributed by atoms with Crippen LogP contribution in [0, 0.1) is 0 Å². The Morgan fingerprint density at radius 3 is 2.40 bits per heavy atom. The molecule has 0 atom stereocenters. The lowest BCUT2D eigenvalue weighted by Gasteiger charge is -2.11. The van der Waals surface area contributed by atoms with E-state index in [0.29, 0.717) is 0 Å². The van der Waals surface area contributed by atoms with E-state index < -0.39 is 0 Å². The maximum Gasteiger partial charge on any atom is 0.0503 e. The van der Waals surface area contributed by atoms with Gasteiger partial charge in [0, 0.05) is 26.5 Å². The molecule has 0 saturated carbocycles. The third-order valence-electron chi connectivity index (χ3n) is 1.12. The van der Waals surface area contributed by atoms with E-state index >= 15 is 0 Å². The van der Waals surface area contributed by atoms with E-state index in [1.807, 2.05) is 32.0 Å². The van der Waals surface area contributed by atoms with Crippen molar-refractivity contribution in [3.63, 3.8) is 0 Å². The first-order chi connectivity index (χ1) is 4.72.